The van der Waals surface area contributed by atoms with Crippen molar-refractivity contribution in [3.63, 3.8) is 0 Å². The number of benzene rings is 3. The largest absolute Gasteiger partial charge is 0.507 e. The van der Waals surface area contributed by atoms with Crippen LogP contribution < -0.4 is 0 Å². The van der Waals surface area contributed by atoms with Crippen LogP contribution >= 0.6 is 0 Å². The average molecular weight is 401 g/mol. The number of carbonyl (C=O) groups excluding carboxylic acids is 2. The molecule has 0 saturated carbocycles. The van der Waals surface area contributed by atoms with Gasteiger partial charge in [0.2, 0.25) is 0 Å². The van der Waals surface area contributed by atoms with Gasteiger partial charge >= 0.3 is 0 Å². The van der Waals surface area contributed by atoms with Crippen molar-refractivity contribution in [3.05, 3.63) is 89.0 Å². The molecule has 152 valence electrons. The SMILES string of the molecule is COCCN1C(=O)C(=O)/C(=C(\O)c2ccc(C)cc2)C1c1cccc2ccccc12. The molecule has 1 heterocycles. The fourth-order valence-electron chi connectivity index (χ4n) is 3.98. The zero-order valence-electron chi connectivity index (χ0n) is 17.0. The van der Waals surface area contributed by atoms with E-state index in [0.29, 0.717) is 12.2 Å². The van der Waals surface area contributed by atoms with Crippen molar-refractivity contribution >= 4 is 28.2 Å². The summed E-state index contributed by atoms with van der Waals surface area (Å²) in [6.07, 6.45) is 0. The summed E-state index contributed by atoms with van der Waals surface area (Å²) < 4.78 is 5.17. The Morgan fingerprint density at radius 2 is 1.70 bits per heavy atom. The Morgan fingerprint density at radius 1 is 1.00 bits per heavy atom. The number of carbonyl (C=O) groups is 2. The van der Waals surface area contributed by atoms with Crippen LogP contribution in [0.15, 0.2) is 72.3 Å². The first-order valence-corrected chi connectivity index (χ1v) is 9.85. The second kappa shape index (κ2) is 8.13. The first kappa shape index (κ1) is 19.9. The van der Waals surface area contributed by atoms with Crippen LogP contribution in [0.4, 0.5) is 0 Å². The molecule has 4 rings (SSSR count). The maximum Gasteiger partial charge on any atom is 0.295 e. The third-order valence-corrected chi connectivity index (χ3v) is 5.52. The maximum absolute atomic E-state index is 13.0. The van der Waals surface area contributed by atoms with Gasteiger partial charge in [-0.25, -0.2) is 0 Å². The average Bonchev–Trinajstić information content (AvgIpc) is 3.02. The van der Waals surface area contributed by atoms with Gasteiger partial charge < -0.3 is 14.7 Å². The lowest BCUT2D eigenvalue weighted by Gasteiger charge is -2.26. The van der Waals surface area contributed by atoms with E-state index in [1.165, 1.54) is 4.90 Å². The molecule has 3 aromatic rings. The van der Waals surface area contributed by atoms with Crippen molar-refractivity contribution in [2.24, 2.45) is 0 Å². The number of amides is 1. The van der Waals surface area contributed by atoms with Crippen LogP contribution in [0.5, 0.6) is 0 Å². The topological polar surface area (TPSA) is 66.8 Å². The molecule has 0 spiro atoms. The Hall–Kier alpha value is -3.44. The van der Waals surface area contributed by atoms with E-state index in [0.717, 1.165) is 21.9 Å². The lowest BCUT2D eigenvalue weighted by molar-refractivity contribution is -0.140. The number of methoxy groups -OCH3 is 1. The number of nitrogens with zero attached hydrogens (tertiary/aromatic N) is 1. The first-order chi connectivity index (χ1) is 14.5. The number of aliphatic hydroxyl groups excluding tert-OH is 1. The first-order valence-electron chi connectivity index (χ1n) is 9.85. The van der Waals surface area contributed by atoms with Crippen molar-refractivity contribution in [1.82, 2.24) is 4.90 Å². The van der Waals surface area contributed by atoms with Crippen LogP contribution in [-0.2, 0) is 14.3 Å². The molecule has 0 aliphatic carbocycles. The highest BCUT2D eigenvalue weighted by atomic mass is 16.5. The highest BCUT2D eigenvalue weighted by molar-refractivity contribution is 6.46. The fraction of sp³-hybridized carbons (Fsp3) is 0.200. The summed E-state index contributed by atoms with van der Waals surface area (Å²) >= 11 is 0. The summed E-state index contributed by atoms with van der Waals surface area (Å²) in [6, 6.07) is 20.2. The number of fused-ring (bicyclic) bond motifs is 1. The molecule has 1 atom stereocenters. The molecule has 0 aromatic heterocycles. The van der Waals surface area contributed by atoms with E-state index in [1.807, 2.05) is 61.5 Å². The monoisotopic (exact) mass is 401 g/mol. The highest BCUT2D eigenvalue weighted by Gasteiger charge is 2.46. The number of aryl methyl sites for hydroxylation is 1. The molecule has 1 aliphatic heterocycles. The zero-order chi connectivity index (χ0) is 21.3. The summed E-state index contributed by atoms with van der Waals surface area (Å²) in [5.74, 6) is -1.47. The van der Waals surface area contributed by atoms with Gasteiger partial charge in [0.1, 0.15) is 5.76 Å². The van der Waals surface area contributed by atoms with Gasteiger partial charge in [0.05, 0.1) is 18.2 Å². The summed E-state index contributed by atoms with van der Waals surface area (Å²) in [7, 11) is 1.55. The minimum Gasteiger partial charge on any atom is -0.507 e. The summed E-state index contributed by atoms with van der Waals surface area (Å²) in [6.45, 7) is 2.49. The van der Waals surface area contributed by atoms with E-state index in [4.69, 9.17) is 4.74 Å². The Morgan fingerprint density at radius 3 is 2.43 bits per heavy atom. The molecule has 3 aromatic carbocycles. The zero-order valence-corrected chi connectivity index (χ0v) is 17.0. The quantitative estimate of drug-likeness (QED) is 0.395. The summed E-state index contributed by atoms with van der Waals surface area (Å²) in [5.41, 5.74) is 2.46. The second-order valence-electron chi connectivity index (χ2n) is 7.42. The molecule has 1 aliphatic rings. The van der Waals surface area contributed by atoms with Gasteiger partial charge in [0.25, 0.3) is 11.7 Å². The molecule has 5 nitrogen and oxygen atoms in total. The molecule has 1 unspecified atom stereocenters. The van der Waals surface area contributed by atoms with Crippen LogP contribution in [0.2, 0.25) is 0 Å². The number of hydrogen-bond donors (Lipinski definition) is 1. The molecule has 1 N–H and O–H groups in total. The van der Waals surface area contributed by atoms with Crippen LogP contribution in [-0.4, -0.2) is 42.0 Å². The van der Waals surface area contributed by atoms with Crippen LogP contribution in [0.1, 0.15) is 22.7 Å². The Bertz CT molecular complexity index is 1140. The van der Waals surface area contributed by atoms with E-state index < -0.39 is 17.7 Å². The van der Waals surface area contributed by atoms with E-state index in [2.05, 4.69) is 0 Å². The van der Waals surface area contributed by atoms with Gasteiger partial charge in [-0.2, -0.15) is 0 Å². The molecule has 0 radical (unpaired) electrons. The smallest absolute Gasteiger partial charge is 0.295 e. The van der Waals surface area contributed by atoms with Crippen molar-refractivity contribution in [2.45, 2.75) is 13.0 Å². The van der Waals surface area contributed by atoms with Gasteiger partial charge in [-0.15, -0.1) is 0 Å². The third-order valence-electron chi connectivity index (χ3n) is 5.52. The van der Waals surface area contributed by atoms with Crippen molar-refractivity contribution in [1.29, 1.82) is 0 Å². The Balaban J connectivity index is 1.95. The number of rotatable bonds is 5. The number of likely N-dealkylation sites (tertiary alicyclic amines) is 1. The third kappa shape index (κ3) is 3.37. The van der Waals surface area contributed by atoms with E-state index in [1.54, 1.807) is 19.2 Å². The lowest BCUT2D eigenvalue weighted by atomic mass is 9.91. The summed E-state index contributed by atoms with van der Waals surface area (Å²) in [5, 5.41) is 13.0. The van der Waals surface area contributed by atoms with Gasteiger partial charge in [0.15, 0.2) is 0 Å². The predicted octanol–water partition coefficient (Wildman–Crippen LogP) is 4.22. The minimum atomic E-state index is -0.687. The van der Waals surface area contributed by atoms with Crippen molar-refractivity contribution < 1.29 is 19.4 Å². The Kier molecular flexibility index (Phi) is 5.38. The van der Waals surface area contributed by atoms with Crippen LogP contribution in [0, 0.1) is 6.92 Å². The molecule has 1 saturated heterocycles. The lowest BCUT2D eigenvalue weighted by Crippen LogP contribution is -2.32. The number of ether oxygens (including phenoxy) is 1. The predicted molar refractivity (Wildman–Crippen MR) is 116 cm³/mol. The molecular weight excluding hydrogens is 378 g/mol. The number of Topliss-reactive ketones (excluding diaryl/α,β-unsaturated/α-hetero) is 1. The molecule has 1 fully saturated rings. The standard InChI is InChI=1S/C25H23NO4/c1-16-10-12-18(13-11-16)23(27)21-22(26(14-15-30-2)25(29)24(21)28)20-9-5-7-17-6-3-4-8-19(17)20/h3-13,22,27H,14-15H2,1-2H3/b23-21-. The van der Waals surface area contributed by atoms with Gasteiger partial charge in [-0.1, -0.05) is 72.3 Å². The van der Waals surface area contributed by atoms with Crippen molar-refractivity contribution in [2.75, 3.05) is 20.3 Å². The number of aliphatic hydroxyl groups is 1. The normalized spacial score (nSPS) is 18.3. The minimum absolute atomic E-state index is 0.108. The molecular formula is C25H23NO4. The van der Waals surface area contributed by atoms with E-state index >= 15 is 0 Å². The van der Waals surface area contributed by atoms with Crippen molar-refractivity contribution in [3.8, 4) is 0 Å². The van der Waals surface area contributed by atoms with E-state index in [-0.39, 0.29) is 17.9 Å². The molecule has 1 amide bonds. The summed E-state index contributed by atoms with van der Waals surface area (Å²) in [4.78, 5) is 27.4. The maximum atomic E-state index is 13.0. The molecule has 30 heavy (non-hydrogen) atoms. The van der Waals surface area contributed by atoms with Crippen LogP contribution in [0.3, 0.4) is 0 Å². The van der Waals surface area contributed by atoms with E-state index in [9.17, 15) is 14.7 Å². The molecule has 5 heteroatoms. The number of hydrogen-bond acceptors (Lipinski definition) is 4. The van der Waals surface area contributed by atoms with Crippen LogP contribution in [0.25, 0.3) is 16.5 Å². The highest BCUT2D eigenvalue weighted by Crippen LogP contribution is 2.41. The molecule has 0 bridgehead atoms. The van der Waals surface area contributed by atoms with Gasteiger partial charge in [0, 0.05) is 19.2 Å². The van der Waals surface area contributed by atoms with Gasteiger partial charge in [-0.3, -0.25) is 9.59 Å². The Labute approximate surface area is 175 Å². The number of ketones is 1. The van der Waals surface area contributed by atoms with Gasteiger partial charge in [-0.05, 0) is 23.3 Å². The second-order valence-corrected chi connectivity index (χ2v) is 7.42. The fourth-order valence-corrected chi connectivity index (χ4v) is 3.98.